The highest BCUT2D eigenvalue weighted by Gasteiger charge is 2.05. The fourth-order valence-corrected chi connectivity index (χ4v) is 1.62. The molecule has 0 bridgehead atoms. The van der Waals surface area contributed by atoms with Gasteiger partial charge in [-0.05, 0) is 24.6 Å². The lowest BCUT2D eigenvalue weighted by atomic mass is 10.2. The van der Waals surface area contributed by atoms with E-state index in [0.717, 1.165) is 22.2 Å². The molecule has 0 radical (unpaired) electrons. The van der Waals surface area contributed by atoms with Crippen molar-refractivity contribution in [2.24, 2.45) is 0 Å². The van der Waals surface area contributed by atoms with Crippen LogP contribution in [-0.2, 0) is 6.54 Å². The van der Waals surface area contributed by atoms with Gasteiger partial charge in [-0.3, -0.25) is 0 Å². The SMILES string of the molecule is CCCOc1ccc(Br)cc1CNC(=O)O. The lowest BCUT2D eigenvalue weighted by molar-refractivity contribution is 0.193. The fraction of sp³-hybridized carbons (Fsp3) is 0.364. The summed E-state index contributed by atoms with van der Waals surface area (Å²) in [7, 11) is 0. The molecule has 0 unspecified atom stereocenters. The van der Waals surface area contributed by atoms with E-state index in [0.29, 0.717) is 6.61 Å². The summed E-state index contributed by atoms with van der Waals surface area (Å²) in [6.07, 6.45) is -0.122. The molecule has 0 saturated carbocycles. The van der Waals surface area contributed by atoms with Gasteiger partial charge in [0.15, 0.2) is 0 Å². The van der Waals surface area contributed by atoms with Crippen molar-refractivity contribution in [1.29, 1.82) is 0 Å². The first-order valence-corrected chi connectivity index (χ1v) is 5.80. The lowest BCUT2D eigenvalue weighted by Crippen LogP contribution is -2.20. The second kappa shape index (κ2) is 6.37. The first-order valence-electron chi connectivity index (χ1n) is 5.01. The summed E-state index contributed by atoms with van der Waals surface area (Å²) in [6.45, 7) is 2.89. The summed E-state index contributed by atoms with van der Waals surface area (Å²) in [5.41, 5.74) is 0.824. The number of benzene rings is 1. The first kappa shape index (κ1) is 12.8. The number of hydrogen-bond donors (Lipinski definition) is 2. The molecule has 0 fully saturated rings. The van der Waals surface area contributed by atoms with Gasteiger partial charge in [0.2, 0.25) is 0 Å². The largest absolute Gasteiger partial charge is 0.493 e. The van der Waals surface area contributed by atoms with Gasteiger partial charge in [-0.15, -0.1) is 0 Å². The van der Waals surface area contributed by atoms with E-state index in [-0.39, 0.29) is 6.54 Å². The van der Waals surface area contributed by atoms with Gasteiger partial charge in [-0.2, -0.15) is 0 Å². The van der Waals surface area contributed by atoms with Gasteiger partial charge in [0.25, 0.3) is 0 Å². The number of hydrogen-bond acceptors (Lipinski definition) is 2. The molecule has 0 aliphatic carbocycles. The van der Waals surface area contributed by atoms with E-state index >= 15 is 0 Å². The highest BCUT2D eigenvalue weighted by molar-refractivity contribution is 9.10. The Balaban J connectivity index is 2.76. The van der Waals surface area contributed by atoms with E-state index in [4.69, 9.17) is 9.84 Å². The molecule has 0 aromatic heterocycles. The molecule has 0 saturated heterocycles. The zero-order valence-electron chi connectivity index (χ0n) is 9.00. The van der Waals surface area contributed by atoms with Crippen LogP contribution in [0, 0.1) is 0 Å². The minimum absolute atomic E-state index is 0.244. The van der Waals surface area contributed by atoms with Gasteiger partial charge < -0.3 is 15.2 Å². The molecular weight excluding hydrogens is 274 g/mol. The van der Waals surface area contributed by atoms with E-state index in [9.17, 15) is 4.79 Å². The van der Waals surface area contributed by atoms with Gasteiger partial charge >= 0.3 is 6.09 Å². The number of ether oxygens (including phenoxy) is 1. The minimum atomic E-state index is -1.04. The molecule has 2 N–H and O–H groups in total. The van der Waals surface area contributed by atoms with Crippen molar-refractivity contribution in [1.82, 2.24) is 5.32 Å². The van der Waals surface area contributed by atoms with Gasteiger partial charge in [0.1, 0.15) is 5.75 Å². The molecule has 16 heavy (non-hydrogen) atoms. The van der Waals surface area contributed by atoms with Gasteiger partial charge in [-0.1, -0.05) is 22.9 Å². The minimum Gasteiger partial charge on any atom is -0.493 e. The molecule has 1 rings (SSSR count). The zero-order valence-corrected chi connectivity index (χ0v) is 10.6. The van der Waals surface area contributed by atoms with Crippen LogP contribution >= 0.6 is 15.9 Å². The standard InChI is InChI=1S/C11H14BrNO3/c1-2-5-16-10-4-3-9(12)6-8(10)7-13-11(14)15/h3-4,6,13H,2,5,7H2,1H3,(H,14,15). The quantitative estimate of drug-likeness (QED) is 0.875. The van der Waals surface area contributed by atoms with Gasteiger partial charge in [-0.25, -0.2) is 4.79 Å². The predicted molar refractivity (Wildman–Crippen MR) is 64.8 cm³/mol. The number of carbonyl (C=O) groups is 1. The molecule has 0 aliphatic heterocycles. The summed E-state index contributed by atoms with van der Waals surface area (Å²) < 4.78 is 6.42. The van der Waals surface area contributed by atoms with Gasteiger partial charge in [0.05, 0.1) is 6.61 Å². The van der Waals surface area contributed by atoms with E-state index in [1.807, 2.05) is 25.1 Å². The van der Waals surface area contributed by atoms with Crippen LogP contribution in [0.3, 0.4) is 0 Å². The van der Waals surface area contributed by atoms with Crippen LogP contribution in [0.4, 0.5) is 4.79 Å². The van der Waals surface area contributed by atoms with E-state index in [1.54, 1.807) is 0 Å². The molecule has 0 atom stereocenters. The summed E-state index contributed by atoms with van der Waals surface area (Å²) in [5, 5.41) is 10.9. The third-order valence-corrected chi connectivity index (χ3v) is 2.41. The monoisotopic (exact) mass is 287 g/mol. The zero-order chi connectivity index (χ0) is 12.0. The maximum Gasteiger partial charge on any atom is 0.404 e. The van der Waals surface area contributed by atoms with Crippen LogP contribution in [0.25, 0.3) is 0 Å². The van der Waals surface area contributed by atoms with Crippen molar-refractivity contribution in [2.45, 2.75) is 19.9 Å². The average Bonchev–Trinajstić information content (AvgIpc) is 2.25. The van der Waals surface area contributed by atoms with Crippen molar-refractivity contribution >= 4 is 22.0 Å². The Morgan fingerprint density at radius 3 is 2.94 bits per heavy atom. The maximum atomic E-state index is 10.4. The molecule has 1 amide bonds. The Labute approximate surface area is 103 Å². The van der Waals surface area contributed by atoms with Crippen LogP contribution in [-0.4, -0.2) is 17.8 Å². The van der Waals surface area contributed by atoms with Crippen molar-refractivity contribution in [2.75, 3.05) is 6.61 Å². The van der Waals surface area contributed by atoms with Crippen LogP contribution in [0.5, 0.6) is 5.75 Å². The Kier molecular flexibility index (Phi) is 5.11. The van der Waals surface area contributed by atoms with Crippen molar-refractivity contribution in [3.8, 4) is 5.75 Å². The summed E-state index contributed by atoms with van der Waals surface area (Å²) >= 11 is 3.34. The number of halogens is 1. The molecule has 0 aliphatic rings. The molecule has 5 heteroatoms. The smallest absolute Gasteiger partial charge is 0.404 e. The molecule has 0 spiro atoms. The van der Waals surface area contributed by atoms with Crippen LogP contribution in [0.15, 0.2) is 22.7 Å². The second-order valence-electron chi connectivity index (χ2n) is 3.26. The van der Waals surface area contributed by atoms with Crippen molar-refractivity contribution in [3.05, 3.63) is 28.2 Å². The van der Waals surface area contributed by atoms with Gasteiger partial charge in [0, 0.05) is 16.6 Å². The summed E-state index contributed by atoms with van der Waals surface area (Å²) in [6, 6.07) is 5.55. The lowest BCUT2D eigenvalue weighted by Gasteiger charge is -2.11. The predicted octanol–water partition coefficient (Wildman–Crippen LogP) is 3.01. The molecule has 1 aromatic rings. The summed E-state index contributed by atoms with van der Waals surface area (Å²) in [4.78, 5) is 10.4. The topological polar surface area (TPSA) is 58.6 Å². The number of nitrogens with one attached hydrogen (secondary N) is 1. The average molecular weight is 288 g/mol. The number of amides is 1. The van der Waals surface area contributed by atoms with Crippen molar-refractivity contribution in [3.63, 3.8) is 0 Å². The molecule has 88 valence electrons. The Hall–Kier alpha value is -1.23. The molecule has 4 nitrogen and oxygen atoms in total. The Bertz CT molecular complexity index is 368. The maximum absolute atomic E-state index is 10.4. The second-order valence-corrected chi connectivity index (χ2v) is 4.17. The van der Waals surface area contributed by atoms with E-state index in [1.165, 1.54) is 0 Å². The summed E-state index contributed by atoms with van der Waals surface area (Å²) in [5.74, 6) is 0.721. The van der Waals surface area contributed by atoms with Crippen LogP contribution in [0.2, 0.25) is 0 Å². The fourth-order valence-electron chi connectivity index (χ4n) is 1.21. The molecule has 1 aromatic carbocycles. The van der Waals surface area contributed by atoms with Crippen LogP contribution < -0.4 is 10.1 Å². The van der Waals surface area contributed by atoms with Crippen LogP contribution in [0.1, 0.15) is 18.9 Å². The highest BCUT2D eigenvalue weighted by atomic mass is 79.9. The third kappa shape index (κ3) is 4.10. The molecule has 0 heterocycles. The van der Waals surface area contributed by atoms with E-state index in [2.05, 4.69) is 21.2 Å². The normalized spacial score (nSPS) is 9.88. The number of carboxylic acid groups (broad SMARTS) is 1. The Morgan fingerprint density at radius 2 is 2.31 bits per heavy atom. The number of rotatable bonds is 5. The molecular formula is C11H14BrNO3. The van der Waals surface area contributed by atoms with Crippen molar-refractivity contribution < 1.29 is 14.6 Å². The Morgan fingerprint density at radius 1 is 1.56 bits per heavy atom. The highest BCUT2D eigenvalue weighted by Crippen LogP contribution is 2.23. The van der Waals surface area contributed by atoms with E-state index < -0.39 is 6.09 Å². The first-order chi connectivity index (χ1) is 7.63. The third-order valence-electron chi connectivity index (χ3n) is 1.91.